The lowest BCUT2D eigenvalue weighted by Gasteiger charge is -2.08. The second kappa shape index (κ2) is 9.15. The van der Waals surface area contributed by atoms with E-state index in [2.05, 4.69) is 30.1 Å². The van der Waals surface area contributed by atoms with Crippen LogP contribution >= 0.6 is 23.4 Å². The maximum Gasteiger partial charge on any atom is 0.191 e. The summed E-state index contributed by atoms with van der Waals surface area (Å²) in [6.45, 7) is 5.10. The molecule has 0 unspecified atom stereocenters. The monoisotopic (exact) mass is 403 g/mol. The van der Waals surface area contributed by atoms with Crippen LogP contribution in [0, 0.1) is 13.8 Å². The Balaban J connectivity index is 1.47. The van der Waals surface area contributed by atoms with Gasteiger partial charge in [-0.2, -0.15) is 0 Å². The second-order valence-corrected chi connectivity index (χ2v) is 7.72. The summed E-state index contributed by atoms with van der Waals surface area (Å²) in [5.41, 5.74) is 2.41. The van der Waals surface area contributed by atoms with E-state index in [9.17, 15) is 0 Å². The predicted molar refractivity (Wildman–Crippen MR) is 109 cm³/mol. The molecular weight excluding hydrogens is 382 g/mol. The first-order valence-corrected chi connectivity index (χ1v) is 9.98. The van der Waals surface area contributed by atoms with Crippen LogP contribution in [-0.2, 0) is 13.7 Å². The maximum absolute atomic E-state index is 5.88. The summed E-state index contributed by atoms with van der Waals surface area (Å²) in [5, 5.41) is 9.97. The molecule has 1 heterocycles. The number of nitrogens with zero attached hydrogens (tertiary/aromatic N) is 3. The van der Waals surface area contributed by atoms with Gasteiger partial charge >= 0.3 is 0 Å². The molecule has 0 aliphatic carbocycles. The minimum absolute atomic E-state index is 0.352. The molecule has 1 aromatic heterocycles. The molecule has 0 saturated carbocycles. The highest BCUT2D eigenvalue weighted by atomic mass is 35.5. The van der Waals surface area contributed by atoms with Crippen molar-refractivity contribution >= 4 is 23.4 Å². The number of rotatable bonds is 8. The fraction of sp³-hybridized carbons (Fsp3) is 0.300. The van der Waals surface area contributed by atoms with Gasteiger partial charge in [0.1, 0.15) is 18.1 Å². The normalized spacial score (nSPS) is 10.8. The van der Waals surface area contributed by atoms with Crippen LogP contribution in [0.5, 0.6) is 11.5 Å². The average molecular weight is 404 g/mol. The number of hydrogen-bond donors (Lipinski definition) is 0. The molecule has 0 N–H and O–H groups in total. The Morgan fingerprint density at radius 1 is 0.963 bits per heavy atom. The van der Waals surface area contributed by atoms with Crippen LogP contribution in [0.2, 0.25) is 5.02 Å². The molecule has 0 aliphatic rings. The Morgan fingerprint density at radius 3 is 2.37 bits per heavy atom. The van der Waals surface area contributed by atoms with Crippen molar-refractivity contribution in [1.29, 1.82) is 0 Å². The topological polar surface area (TPSA) is 49.2 Å². The SMILES string of the molecule is Cc1cc(C)cc(OCCSc2nnc(COc3ccc(Cl)cc3)n2C)c1. The first-order chi connectivity index (χ1) is 13.0. The molecule has 5 nitrogen and oxygen atoms in total. The molecular formula is C20H22ClN3O2S. The van der Waals surface area contributed by atoms with Crippen LogP contribution in [0.4, 0.5) is 0 Å². The summed E-state index contributed by atoms with van der Waals surface area (Å²) in [6.07, 6.45) is 0. The van der Waals surface area contributed by atoms with Crippen molar-refractivity contribution in [3.8, 4) is 11.5 Å². The average Bonchev–Trinajstić information content (AvgIpc) is 2.97. The zero-order chi connectivity index (χ0) is 19.2. The number of benzene rings is 2. The number of thioether (sulfide) groups is 1. The van der Waals surface area contributed by atoms with Gasteiger partial charge in [0.05, 0.1) is 6.61 Å². The summed E-state index contributed by atoms with van der Waals surface area (Å²) < 4.78 is 13.5. The highest BCUT2D eigenvalue weighted by Crippen LogP contribution is 2.20. The molecule has 0 spiro atoms. The summed E-state index contributed by atoms with van der Waals surface area (Å²) in [6, 6.07) is 13.5. The van der Waals surface area contributed by atoms with Crippen molar-refractivity contribution in [2.24, 2.45) is 7.05 Å². The highest BCUT2D eigenvalue weighted by Gasteiger charge is 2.10. The van der Waals surface area contributed by atoms with Gasteiger partial charge in [-0.3, -0.25) is 0 Å². The molecule has 0 fully saturated rings. The number of hydrogen-bond acceptors (Lipinski definition) is 5. The second-order valence-electron chi connectivity index (χ2n) is 6.22. The van der Waals surface area contributed by atoms with Crippen molar-refractivity contribution in [3.63, 3.8) is 0 Å². The van der Waals surface area contributed by atoms with Gasteiger partial charge in [-0.05, 0) is 61.4 Å². The zero-order valence-electron chi connectivity index (χ0n) is 15.6. The van der Waals surface area contributed by atoms with E-state index in [1.807, 2.05) is 35.9 Å². The number of aromatic nitrogens is 3. The van der Waals surface area contributed by atoms with Crippen LogP contribution < -0.4 is 9.47 Å². The number of ether oxygens (including phenoxy) is 2. The first-order valence-electron chi connectivity index (χ1n) is 8.62. The van der Waals surface area contributed by atoms with E-state index in [0.717, 1.165) is 28.2 Å². The van der Waals surface area contributed by atoms with E-state index in [1.165, 1.54) is 11.1 Å². The fourth-order valence-corrected chi connectivity index (χ4v) is 3.46. The Morgan fingerprint density at radius 2 is 1.67 bits per heavy atom. The Kier molecular flexibility index (Phi) is 6.63. The summed E-state index contributed by atoms with van der Waals surface area (Å²) >= 11 is 7.49. The standard InChI is InChI=1S/C20H22ClN3O2S/c1-14-10-15(2)12-18(11-14)25-8-9-27-20-23-22-19(24(20)3)13-26-17-6-4-16(21)5-7-17/h4-7,10-12H,8-9,13H2,1-3H3. The van der Waals surface area contributed by atoms with Crippen molar-refractivity contribution in [2.45, 2.75) is 25.6 Å². The van der Waals surface area contributed by atoms with Crippen LogP contribution in [0.3, 0.4) is 0 Å². The molecule has 2 aromatic carbocycles. The van der Waals surface area contributed by atoms with Crippen molar-refractivity contribution in [3.05, 3.63) is 64.4 Å². The third-order valence-corrected chi connectivity index (χ3v) is 5.12. The van der Waals surface area contributed by atoms with Crippen molar-refractivity contribution in [2.75, 3.05) is 12.4 Å². The molecule has 0 amide bonds. The van der Waals surface area contributed by atoms with Gasteiger partial charge in [-0.15, -0.1) is 10.2 Å². The molecule has 3 aromatic rings. The lowest BCUT2D eigenvalue weighted by Crippen LogP contribution is -2.05. The quantitative estimate of drug-likeness (QED) is 0.398. The number of halogens is 1. The smallest absolute Gasteiger partial charge is 0.191 e. The molecule has 0 radical (unpaired) electrons. The minimum Gasteiger partial charge on any atom is -0.493 e. The predicted octanol–water partition coefficient (Wildman–Crippen LogP) is 4.84. The zero-order valence-corrected chi connectivity index (χ0v) is 17.2. The van der Waals surface area contributed by atoms with Crippen LogP contribution in [0.25, 0.3) is 0 Å². The van der Waals surface area contributed by atoms with E-state index >= 15 is 0 Å². The van der Waals surface area contributed by atoms with Gasteiger partial charge in [-0.25, -0.2) is 0 Å². The van der Waals surface area contributed by atoms with E-state index in [1.54, 1.807) is 23.9 Å². The molecule has 7 heteroatoms. The van der Waals surface area contributed by atoms with E-state index < -0.39 is 0 Å². The Bertz CT molecular complexity index is 876. The van der Waals surface area contributed by atoms with Gasteiger partial charge in [0.2, 0.25) is 0 Å². The minimum atomic E-state index is 0.352. The molecule has 27 heavy (non-hydrogen) atoms. The summed E-state index contributed by atoms with van der Waals surface area (Å²) in [5.74, 6) is 3.21. The highest BCUT2D eigenvalue weighted by molar-refractivity contribution is 7.99. The molecule has 142 valence electrons. The lowest BCUT2D eigenvalue weighted by molar-refractivity contribution is 0.290. The summed E-state index contributed by atoms with van der Waals surface area (Å²) in [7, 11) is 1.94. The van der Waals surface area contributed by atoms with E-state index in [4.69, 9.17) is 21.1 Å². The maximum atomic E-state index is 5.88. The third kappa shape index (κ3) is 5.65. The molecule has 0 atom stereocenters. The first kappa shape index (κ1) is 19.6. The van der Waals surface area contributed by atoms with Crippen LogP contribution in [-0.4, -0.2) is 27.1 Å². The van der Waals surface area contributed by atoms with Crippen molar-refractivity contribution in [1.82, 2.24) is 14.8 Å². The van der Waals surface area contributed by atoms with Gasteiger partial charge in [0.15, 0.2) is 11.0 Å². The molecule has 0 saturated heterocycles. The van der Waals surface area contributed by atoms with Crippen LogP contribution in [0.1, 0.15) is 17.0 Å². The molecule has 3 rings (SSSR count). The Hall–Kier alpha value is -2.18. The van der Waals surface area contributed by atoms with Crippen LogP contribution in [0.15, 0.2) is 47.6 Å². The van der Waals surface area contributed by atoms with Crippen molar-refractivity contribution < 1.29 is 9.47 Å². The largest absolute Gasteiger partial charge is 0.493 e. The Labute approximate surface area is 168 Å². The molecule has 0 aliphatic heterocycles. The van der Waals surface area contributed by atoms with Gasteiger partial charge in [0.25, 0.3) is 0 Å². The number of aryl methyl sites for hydroxylation is 2. The van der Waals surface area contributed by atoms with E-state index in [0.29, 0.717) is 18.2 Å². The van der Waals surface area contributed by atoms with Gasteiger partial charge in [-0.1, -0.05) is 29.4 Å². The fourth-order valence-electron chi connectivity index (χ4n) is 2.58. The third-order valence-electron chi connectivity index (χ3n) is 3.89. The van der Waals surface area contributed by atoms with Gasteiger partial charge in [0, 0.05) is 17.8 Å². The summed E-state index contributed by atoms with van der Waals surface area (Å²) in [4.78, 5) is 0. The van der Waals surface area contributed by atoms with Gasteiger partial charge < -0.3 is 14.0 Å². The lowest BCUT2D eigenvalue weighted by atomic mass is 10.1. The molecule has 0 bridgehead atoms. The van der Waals surface area contributed by atoms with E-state index in [-0.39, 0.29) is 0 Å².